The minimum atomic E-state index is -0.552. The standard InChI is InChI=1S/C21H22N2O5/c1-3-4-7-21(25)28-14-20(24)23-18(19-6-5-12-27-19)13-17(22-23)15-8-10-16(26-2)11-9-15/h4-12,18H,3,13-14H2,1-2H3/b7-4+. The highest BCUT2D eigenvalue weighted by Crippen LogP contribution is 2.33. The molecule has 1 unspecified atom stereocenters. The number of amides is 1. The van der Waals surface area contributed by atoms with Gasteiger partial charge in [0, 0.05) is 12.5 Å². The number of furan rings is 1. The molecule has 2 aromatic rings. The van der Waals surface area contributed by atoms with E-state index in [1.54, 1.807) is 31.6 Å². The molecule has 0 bridgehead atoms. The summed E-state index contributed by atoms with van der Waals surface area (Å²) in [6.07, 6.45) is 5.75. The Hall–Kier alpha value is -3.35. The first-order valence-corrected chi connectivity index (χ1v) is 9.03. The predicted molar refractivity (Wildman–Crippen MR) is 103 cm³/mol. The molecule has 0 N–H and O–H groups in total. The fourth-order valence-electron chi connectivity index (χ4n) is 2.86. The summed E-state index contributed by atoms with van der Waals surface area (Å²) in [6.45, 7) is 1.52. The molecule has 0 radical (unpaired) electrons. The minimum Gasteiger partial charge on any atom is -0.497 e. The van der Waals surface area contributed by atoms with E-state index in [0.29, 0.717) is 18.6 Å². The average molecular weight is 382 g/mol. The molecular weight excluding hydrogens is 360 g/mol. The van der Waals surface area contributed by atoms with Crippen LogP contribution in [-0.2, 0) is 14.3 Å². The normalized spacial score (nSPS) is 16.3. The van der Waals surface area contributed by atoms with Gasteiger partial charge in [-0.05, 0) is 48.4 Å². The number of methoxy groups -OCH3 is 1. The van der Waals surface area contributed by atoms with Crippen molar-refractivity contribution in [1.82, 2.24) is 5.01 Å². The van der Waals surface area contributed by atoms with Crippen LogP contribution in [0.5, 0.6) is 5.75 Å². The van der Waals surface area contributed by atoms with E-state index in [1.165, 1.54) is 11.1 Å². The van der Waals surface area contributed by atoms with Crippen molar-refractivity contribution in [1.29, 1.82) is 0 Å². The van der Waals surface area contributed by atoms with Gasteiger partial charge in [0.15, 0.2) is 6.61 Å². The second kappa shape index (κ2) is 9.03. The molecule has 1 aliphatic heterocycles. The van der Waals surface area contributed by atoms with E-state index in [2.05, 4.69) is 5.10 Å². The molecule has 0 saturated heterocycles. The molecule has 1 aliphatic rings. The van der Waals surface area contributed by atoms with Gasteiger partial charge in [0.1, 0.15) is 17.6 Å². The van der Waals surface area contributed by atoms with Crippen LogP contribution in [0.25, 0.3) is 0 Å². The molecule has 146 valence electrons. The van der Waals surface area contributed by atoms with Crippen LogP contribution in [-0.4, -0.2) is 36.3 Å². The number of allylic oxidation sites excluding steroid dienone is 1. The number of rotatable bonds is 7. The van der Waals surface area contributed by atoms with E-state index >= 15 is 0 Å². The van der Waals surface area contributed by atoms with Gasteiger partial charge in [-0.3, -0.25) is 4.79 Å². The van der Waals surface area contributed by atoms with E-state index in [0.717, 1.165) is 17.0 Å². The maximum atomic E-state index is 12.7. The second-order valence-corrected chi connectivity index (χ2v) is 6.17. The van der Waals surface area contributed by atoms with Crippen LogP contribution in [0.2, 0.25) is 0 Å². The molecule has 1 amide bonds. The third-order valence-electron chi connectivity index (χ3n) is 4.29. The van der Waals surface area contributed by atoms with E-state index in [-0.39, 0.29) is 12.6 Å². The zero-order chi connectivity index (χ0) is 19.9. The summed E-state index contributed by atoms with van der Waals surface area (Å²) in [6, 6.07) is 10.6. The Morgan fingerprint density at radius 3 is 2.71 bits per heavy atom. The summed E-state index contributed by atoms with van der Waals surface area (Å²) in [4.78, 5) is 24.3. The Kier molecular flexibility index (Phi) is 6.26. The van der Waals surface area contributed by atoms with Crippen molar-refractivity contribution in [2.24, 2.45) is 5.10 Å². The van der Waals surface area contributed by atoms with Gasteiger partial charge >= 0.3 is 5.97 Å². The third-order valence-corrected chi connectivity index (χ3v) is 4.29. The third kappa shape index (κ3) is 4.49. The lowest BCUT2D eigenvalue weighted by atomic mass is 10.0. The first-order valence-electron chi connectivity index (χ1n) is 9.03. The van der Waals surface area contributed by atoms with Crippen LogP contribution < -0.4 is 4.74 Å². The summed E-state index contributed by atoms with van der Waals surface area (Å²) in [5.41, 5.74) is 1.63. The van der Waals surface area contributed by atoms with Gasteiger partial charge in [-0.25, -0.2) is 9.80 Å². The minimum absolute atomic E-state index is 0.385. The number of carbonyl (C=O) groups excluding carboxylic acids is 2. The van der Waals surface area contributed by atoms with Crippen LogP contribution in [0.15, 0.2) is 64.3 Å². The second-order valence-electron chi connectivity index (χ2n) is 6.17. The van der Waals surface area contributed by atoms with Gasteiger partial charge in [0.05, 0.1) is 19.1 Å². The van der Waals surface area contributed by atoms with E-state index in [9.17, 15) is 9.59 Å². The Morgan fingerprint density at radius 2 is 2.07 bits per heavy atom. The van der Waals surface area contributed by atoms with Crippen LogP contribution in [0.1, 0.15) is 37.1 Å². The van der Waals surface area contributed by atoms with Gasteiger partial charge in [0.25, 0.3) is 5.91 Å². The monoisotopic (exact) mass is 382 g/mol. The first-order chi connectivity index (χ1) is 13.6. The van der Waals surface area contributed by atoms with Gasteiger partial charge in [-0.2, -0.15) is 5.10 Å². The summed E-state index contributed by atoms with van der Waals surface area (Å²) in [7, 11) is 1.60. The van der Waals surface area contributed by atoms with E-state index < -0.39 is 11.9 Å². The fourth-order valence-corrected chi connectivity index (χ4v) is 2.86. The van der Waals surface area contributed by atoms with Crippen molar-refractivity contribution in [3.63, 3.8) is 0 Å². The summed E-state index contributed by atoms with van der Waals surface area (Å²) in [5, 5.41) is 5.81. The van der Waals surface area contributed by atoms with Gasteiger partial charge in [0.2, 0.25) is 0 Å². The largest absolute Gasteiger partial charge is 0.497 e. The lowest BCUT2D eigenvalue weighted by Gasteiger charge is -2.19. The Morgan fingerprint density at radius 1 is 1.29 bits per heavy atom. The number of carbonyl (C=O) groups is 2. The summed E-state index contributed by atoms with van der Waals surface area (Å²) in [5.74, 6) is 0.397. The highest BCUT2D eigenvalue weighted by atomic mass is 16.5. The Balaban J connectivity index is 1.77. The number of ether oxygens (including phenoxy) is 2. The maximum absolute atomic E-state index is 12.7. The van der Waals surface area contributed by atoms with Crippen LogP contribution in [0.3, 0.4) is 0 Å². The number of hydrogen-bond donors (Lipinski definition) is 0. The Labute approximate surface area is 163 Å². The van der Waals surface area contributed by atoms with Gasteiger partial charge in [-0.15, -0.1) is 0 Å². The topological polar surface area (TPSA) is 81.3 Å². The molecule has 0 aliphatic carbocycles. The summed E-state index contributed by atoms with van der Waals surface area (Å²) < 4.78 is 15.7. The predicted octanol–water partition coefficient (Wildman–Crippen LogP) is 3.48. The molecule has 2 heterocycles. The average Bonchev–Trinajstić information content (AvgIpc) is 3.40. The van der Waals surface area contributed by atoms with Crippen molar-refractivity contribution in [2.45, 2.75) is 25.8 Å². The SMILES string of the molecule is CC/C=C/C(=O)OCC(=O)N1N=C(c2ccc(OC)cc2)CC1c1ccco1. The number of hydrazone groups is 1. The van der Waals surface area contributed by atoms with E-state index in [1.807, 2.05) is 31.2 Å². The molecule has 1 aromatic carbocycles. The molecule has 0 spiro atoms. The molecule has 0 fully saturated rings. The molecule has 1 aromatic heterocycles. The fraction of sp³-hybridized carbons (Fsp3) is 0.286. The smallest absolute Gasteiger partial charge is 0.330 e. The maximum Gasteiger partial charge on any atom is 0.330 e. The summed E-state index contributed by atoms with van der Waals surface area (Å²) >= 11 is 0. The van der Waals surface area contributed by atoms with Crippen molar-refractivity contribution in [3.05, 3.63) is 66.1 Å². The number of nitrogens with zero attached hydrogens (tertiary/aromatic N) is 2. The van der Waals surface area contributed by atoms with Crippen LogP contribution in [0.4, 0.5) is 0 Å². The highest BCUT2D eigenvalue weighted by Gasteiger charge is 2.35. The van der Waals surface area contributed by atoms with Crippen molar-refractivity contribution in [3.8, 4) is 5.75 Å². The molecule has 0 saturated carbocycles. The molecule has 7 nitrogen and oxygen atoms in total. The quantitative estimate of drug-likeness (QED) is 0.541. The number of benzene rings is 1. The highest BCUT2D eigenvalue weighted by molar-refractivity contribution is 6.03. The lowest BCUT2D eigenvalue weighted by molar-refractivity contribution is -0.149. The van der Waals surface area contributed by atoms with Crippen molar-refractivity contribution >= 4 is 17.6 Å². The van der Waals surface area contributed by atoms with Crippen LogP contribution >= 0.6 is 0 Å². The first kappa shape index (κ1) is 19.4. The van der Waals surface area contributed by atoms with Crippen LogP contribution in [0, 0.1) is 0 Å². The molecular formula is C21H22N2O5. The number of hydrogen-bond acceptors (Lipinski definition) is 6. The molecule has 1 atom stereocenters. The Bertz CT molecular complexity index is 869. The lowest BCUT2D eigenvalue weighted by Crippen LogP contribution is -2.31. The van der Waals surface area contributed by atoms with Crippen molar-refractivity contribution in [2.75, 3.05) is 13.7 Å². The molecule has 7 heteroatoms. The van der Waals surface area contributed by atoms with Gasteiger partial charge in [-0.1, -0.05) is 13.0 Å². The molecule has 3 rings (SSSR count). The zero-order valence-electron chi connectivity index (χ0n) is 15.8. The van der Waals surface area contributed by atoms with Gasteiger partial charge < -0.3 is 13.9 Å². The zero-order valence-corrected chi connectivity index (χ0v) is 15.8. The van der Waals surface area contributed by atoms with Crippen molar-refractivity contribution < 1.29 is 23.5 Å². The molecule has 28 heavy (non-hydrogen) atoms. The van der Waals surface area contributed by atoms with E-state index in [4.69, 9.17) is 13.9 Å². The number of esters is 1.